The third-order valence-corrected chi connectivity index (χ3v) is 4.65. The number of rotatable bonds is 3. The highest BCUT2D eigenvalue weighted by Crippen LogP contribution is 2.27. The van der Waals surface area contributed by atoms with E-state index in [0.29, 0.717) is 24.3 Å². The molecule has 108 valence electrons. The SMILES string of the molecule is O=C(CC1CCCCN1)N1CCC(c2ccccc2)C1. The zero-order valence-electron chi connectivity index (χ0n) is 12.1. The second-order valence-electron chi connectivity index (χ2n) is 6.09. The maximum absolute atomic E-state index is 12.4. The Balaban J connectivity index is 1.53. The Morgan fingerprint density at radius 3 is 2.80 bits per heavy atom. The predicted molar refractivity (Wildman–Crippen MR) is 80.6 cm³/mol. The minimum Gasteiger partial charge on any atom is -0.342 e. The molecule has 3 rings (SSSR count). The smallest absolute Gasteiger partial charge is 0.224 e. The molecule has 0 bridgehead atoms. The Hall–Kier alpha value is -1.35. The van der Waals surface area contributed by atoms with Crippen LogP contribution in [0.2, 0.25) is 0 Å². The van der Waals surface area contributed by atoms with E-state index in [1.165, 1.54) is 18.4 Å². The van der Waals surface area contributed by atoms with E-state index < -0.39 is 0 Å². The number of hydrogen-bond donors (Lipinski definition) is 1. The lowest BCUT2D eigenvalue weighted by atomic mass is 9.99. The lowest BCUT2D eigenvalue weighted by molar-refractivity contribution is -0.130. The molecule has 0 spiro atoms. The molecule has 1 aromatic carbocycles. The highest BCUT2D eigenvalue weighted by Gasteiger charge is 2.28. The molecule has 2 heterocycles. The molecular weight excluding hydrogens is 248 g/mol. The van der Waals surface area contributed by atoms with Crippen LogP contribution in [0.25, 0.3) is 0 Å². The van der Waals surface area contributed by atoms with Crippen LogP contribution in [-0.2, 0) is 4.79 Å². The highest BCUT2D eigenvalue weighted by atomic mass is 16.2. The molecule has 1 aromatic rings. The van der Waals surface area contributed by atoms with E-state index in [1.54, 1.807) is 0 Å². The molecule has 0 aromatic heterocycles. The molecule has 3 heteroatoms. The van der Waals surface area contributed by atoms with Gasteiger partial charge in [-0.25, -0.2) is 0 Å². The molecule has 1 amide bonds. The van der Waals surface area contributed by atoms with Gasteiger partial charge in [0.05, 0.1) is 0 Å². The van der Waals surface area contributed by atoms with Crippen LogP contribution in [0.3, 0.4) is 0 Å². The summed E-state index contributed by atoms with van der Waals surface area (Å²) in [6.07, 6.45) is 5.46. The van der Waals surface area contributed by atoms with Gasteiger partial charge in [-0.1, -0.05) is 36.8 Å². The first-order chi connectivity index (χ1) is 9.83. The fourth-order valence-corrected chi connectivity index (χ4v) is 3.42. The van der Waals surface area contributed by atoms with Crippen molar-refractivity contribution in [3.05, 3.63) is 35.9 Å². The van der Waals surface area contributed by atoms with Gasteiger partial charge in [0.1, 0.15) is 0 Å². The molecule has 0 saturated carbocycles. The Bertz CT molecular complexity index is 440. The Morgan fingerprint density at radius 1 is 1.20 bits per heavy atom. The minimum absolute atomic E-state index is 0.336. The van der Waals surface area contributed by atoms with Crippen molar-refractivity contribution >= 4 is 5.91 Å². The fourth-order valence-electron chi connectivity index (χ4n) is 3.42. The summed E-state index contributed by atoms with van der Waals surface area (Å²) in [5, 5.41) is 3.47. The Kier molecular flexibility index (Phi) is 4.36. The molecule has 2 saturated heterocycles. The lowest BCUT2D eigenvalue weighted by Gasteiger charge is -2.25. The predicted octanol–water partition coefficient (Wildman–Crippen LogP) is 2.53. The average molecular weight is 272 g/mol. The van der Waals surface area contributed by atoms with Crippen LogP contribution in [0.5, 0.6) is 0 Å². The number of nitrogens with zero attached hydrogens (tertiary/aromatic N) is 1. The van der Waals surface area contributed by atoms with Gasteiger partial charge in [-0.2, -0.15) is 0 Å². The number of carbonyl (C=O) groups is 1. The van der Waals surface area contributed by atoms with Crippen molar-refractivity contribution in [2.24, 2.45) is 0 Å². The van der Waals surface area contributed by atoms with Crippen molar-refractivity contribution in [3.8, 4) is 0 Å². The summed E-state index contributed by atoms with van der Waals surface area (Å²) in [4.78, 5) is 14.4. The molecule has 2 unspecified atom stereocenters. The van der Waals surface area contributed by atoms with Gasteiger partial charge < -0.3 is 10.2 Å². The quantitative estimate of drug-likeness (QED) is 0.917. The first kappa shape index (κ1) is 13.6. The summed E-state index contributed by atoms with van der Waals surface area (Å²) in [6.45, 7) is 2.89. The third kappa shape index (κ3) is 3.21. The number of amides is 1. The summed E-state index contributed by atoms with van der Waals surface area (Å²) in [6, 6.07) is 11.0. The van der Waals surface area contributed by atoms with Crippen molar-refractivity contribution in [1.29, 1.82) is 0 Å². The molecule has 0 aliphatic carbocycles. The van der Waals surface area contributed by atoms with Crippen molar-refractivity contribution in [2.75, 3.05) is 19.6 Å². The second kappa shape index (κ2) is 6.40. The number of piperidine rings is 1. The van der Waals surface area contributed by atoms with Crippen LogP contribution in [0.15, 0.2) is 30.3 Å². The van der Waals surface area contributed by atoms with Gasteiger partial charge in [0.25, 0.3) is 0 Å². The molecular formula is C17H24N2O. The van der Waals surface area contributed by atoms with E-state index in [2.05, 4.69) is 40.5 Å². The van der Waals surface area contributed by atoms with Crippen molar-refractivity contribution < 1.29 is 4.79 Å². The third-order valence-electron chi connectivity index (χ3n) is 4.65. The first-order valence-electron chi connectivity index (χ1n) is 7.89. The maximum atomic E-state index is 12.4. The number of hydrogen-bond acceptors (Lipinski definition) is 2. The van der Waals surface area contributed by atoms with Gasteiger partial charge in [-0.3, -0.25) is 4.79 Å². The summed E-state index contributed by atoms with van der Waals surface area (Å²) in [7, 11) is 0. The average Bonchev–Trinajstić information content (AvgIpc) is 2.99. The van der Waals surface area contributed by atoms with Crippen molar-refractivity contribution in [2.45, 2.75) is 44.1 Å². The summed E-state index contributed by atoms with van der Waals surface area (Å²) < 4.78 is 0. The van der Waals surface area contributed by atoms with Crippen LogP contribution >= 0.6 is 0 Å². The maximum Gasteiger partial charge on any atom is 0.224 e. The zero-order valence-corrected chi connectivity index (χ0v) is 12.1. The normalized spacial score (nSPS) is 26.7. The van der Waals surface area contributed by atoms with Gasteiger partial charge in [-0.15, -0.1) is 0 Å². The van der Waals surface area contributed by atoms with E-state index in [9.17, 15) is 4.79 Å². The summed E-state index contributed by atoms with van der Waals surface area (Å²) in [5.41, 5.74) is 1.37. The molecule has 0 radical (unpaired) electrons. The Labute approximate surface area is 121 Å². The van der Waals surface area contributed by atoms with Gasteiger partial charge >= 0.3 is 0 Å². The van der Waals surface area contributed by atoms with E-state index in [-0.39, 0.29) is 0 Å². The zero-order chi connectivity index (χ0) is 13.8. The number of likely N-dealkylation sites (tertiary alicyclic amines) is 1. The van der Waals surface area contributed by atoms with Gasteiger partial charge in [0, 0.05) is 31.5 Å². The second-order valence-corrected chi connectivity index (χ2v) is 6.09. The first-order valence-corrected chi connectivity index (χ1v) is 7.89. The summed E-state index contributed by atoms with van der Waals surface area (Å²) in [5.74, 6) is 0.863. The van der Waals surface area contributed by atoms with E-state index in [4.69, 9.17) is 0 Å². The highest BCUT2D eigenvalue weighted by molar-refractivity contribution is 5.77. The van der Waals surface area contributed by atoms with Crippen LogP contribution in [0.1, 0.15) is 43.6 Å². The number of benzene rings is 1. The molecule has 2 atom stereocenters. The molecule has 2 aliphatic heterocycles. The van der Waals surface area contributed by atoms with E-state index in [1.807, 2.05) is 0 Å². The molecule has 2 fully saturated rings. The van der Waals surface area contributed by atoms with Crippen LogP contribution in [0.4, 0.5) is 0 Å². The molecule has 1 N–H and O–H groups in total. The van der Waals surface area contributed by atoms with Gasteiger partial charge in [0.15, 0.2) is 0 Å². The Morgan fingerprint density at radius 2 is 2.05 bits per heavy atom. The topological polar surface area (TPSA) is 32.3 Å². The molecule has 2 aliphatic rings. The minimum atomic E-state index is 0.336. The molecule has 20 heavy (non-hydrogen) atoms. The van der Waals surface area contributed by atoms with Gasteiger partial charge in [0.2, 0.25) is 5.91 Å². The standard InChI is InChI=1S/C17H24N2O/c20-17(12-16-8-4-5-10-18-16)19-11-9-15(13-19)14-6-2-1-3-7-14/h1-3,6-7,15-16,18H,4-5,8-13H2. The number of nitrogens with one attached hydrogen (secondary N) is 1. The van der Waals surface area contributed by atoms with E-state index in [0.717, 1.165) is 32.5 Å². The van der Waals surface area contributed by atoms with E-state index >= 15 is 0 Å². The van der Waals surface area contributed by atoms with Crippen molar-refractivity contribution in [1.82, 2.24) is 10.2 Å². The van der Waals surface area contributed by atoms with Crippen molar-refractivity contribution in [3.63, 3.8) is 0 Å². The van der Waals surface area contributed by atoms with Gasteiger partial charge in [-0.05, 0) is 31.4 Å². The van der Waals surface area contributed by atoms with Crippen LogP contribution < -0.4 is 5.32 Å². The lowest BCUT2D eigenvalue weighted by Crippen LogP contribution is -2.39. The van der Waals surface area contributed by atoms with Crippen LogP contribution in [-0.4, -0.2) is 36.5 Å². The fraction of sp³-hybridized carbons (Fsp3) is 0.588. The monoisotopic (exact) mass is 272 g/mol. The molecule has 3 nitrogen and oxygen atoms in total. The largest absolute Gasteiger partial charge is 0.342 e. The van der Waals surface area contributed by atoms with Crippen LogP contribution in [0, 0.1) is 0 Å². The summed E-state index contributed by atoms with van der Waals surface area (Å²) >= 11 is 0. The number of carbonyl (C=O) groups excluding carboxylic acids is 1.